The summed E-state index contributed by atoms with van der Waals surface area (Å²) >= 11 is 9.36. The highest BCUT2D eigenvalue weighted by molar-refractivity contribution is 9.12. The topological polar surface area (TPSA) is 17.1 Å². The Labute approximate surface area is 150 Å². The van der Waals surface area contributed by atoms with Gasteiger partial charge in [-0.3, -0.25) is 4.79 Å². The van der Waals surface area contributed by atoms with Crippen LogP contribution in [0.4, 0.5) is 4.39 Å². The summed E-state index contributed by atoms with van der Waals surface area (Å²) in [4.78, 5) is 12.9. The number of ketones is 1. The van der Waals surface area contributed by atoms with Gasteiger partial charge in [0, 0.05) is 16.9 Å². The van der Waals surface area contributed by atoms with Crippen LogP contribution in [0.15, 0.2) is 13.0 Å². The van der Waals surface area contributed by atoms with E-state index in [2.05, 4.69) is 38.8 Å². The van der Waals surface area contributed by atoms with E-state index >= 15 is 0 Å². The first-order valence-electron chi connectivity index (χ1n) is 6.93. The summed E-state index contributed by atoms with van der Waals surface area (Å²) in [5, 5.41) is 1.78. The van der Waals surface area contributed by atoms with Crippen LogP contribution in [0, 0.1) is 18.7 Å². The minimum Gasteiger partial charge on any atom is -0.293 e. The first kappa shape index (κ1) is 19.3. The van der Waals surface area contributed by atoms with Gasteiger partial charge in [0.2, 0.25) is 0 Å². The van der Waals surface area contributed by atoms with Crippen molar-refractivity contribution in [1.29, 1.82) is 0 Å². The predicted molar refractivity (Wildman–Crippen MR) is 97.6 cm³/mol. The highest BCUT2D eigenvalue weighted by Gasteiger charge is 2.22. The molecule has 21 heavy (non-hydrogen) atoms. The Kier molecular flexibility index (Phi) is 8.61. The number of hydrogen-bond donors (Lipinski definition) is 0. The highest BCUT2D eigenvalue weighted by atomic mass is 79.9. The van der Waals surface area contributed by atoms with E-state index in [1.807, 2.05) is 6.92 Å². The molecule has 118 valence electrons. The molecule has 1 heterocycles. The molecule has 1 rings (SSSR count). The number of carbonyl (C=O) groups excluding carboxylic acids is 1. The lowest BCUT2D eigenvalue weighted by atomic mass is 9.93. The zero-order chi connectivity index (χ0) is 16.0. The normalized spacial score (nSPS) is 12.1. The Morgan fingerprint density at radius 2 is 2.05 bits per heavy atom. The molecule has 0 saturated heterocycles. The average molecular weight is 458 g/mol. The summed E-state index contributed by atoms with van der Waals surface area (Å²) < 4.78 is 16.2. The van der Waals surface area contributed by atoms with Crippen LogP contribution in [0.2, 0.25) is 0 Å². The van der Waals surface area contributed by atoms with Gasteiger partial charge in [-0.2, -0.15) is 0 Å². The molecule has 0 bridgehead atoms. The molecule has 0 aliphatic heterocycles. The zero-order valence-electron chi connectivity index (χ0n) is 12.3. The van der Waals surface area contributed by atoms with Gasteiger partial charge < -0.3 is 0 Å². The van der Waals surface area contributed by atoms with Crippen molar-refractivity contribution in [3.63, 3.8) is 0 Å². The molecule has 0 aromatic carbocycles. The van der Waals surface area contributed by atoms with E-state index in [1.54, 1.807) is 12.3 Å². The molecule has 6 heteroatoms. The fourth-order valence-electron chi connectivity index (χ4n) is 1.92. The lowest BCUT2D eigenvalue weighted by molar-refractivity contribution is 0.0908. The van der Waals surface area contributed by atoms with Crippen molar-refractivity contribution in [1.82, 2.24) is 0 Å². The van der Waals surface area contributed by atoms with Crippen molar-refractivity contribution in [3.8, 4) is 0 Å². The van der Waals surface area contributed by atoms with E-state index in [1.165, 1.54) is 22.7 Å². The molecule has 0 N–H and O–H groups in total. The van der Waals surface area contributed by atoms with E-state index in [0.29, 0.717) is 9.35 Å². The zero-order valence-corrected chi connectivity index (χ0v) is 17.1. The van der Waals surface area contributed by atoms with Gasteiger partial charge in [-0.25, -0.2) is 4.39 Å². The molecule has 0 spiro atoms. The molecule has 0 fully saturated rings. The Morgan fingerprint density at radius 3 is 2.62 bits per heavy atom. The number of hydrogen-bond acceptors (Lipinski definition) is 3. The third-order valence-corrected chi connectivity index (χ3v) is 7.29. The minimum absolute atomic E-state index is 0.0726. The fourth-order valence-corrected chi connectivity index (χ4v) is 5.54. The summed E-state index contributed by atoms with van der Waals surface area (Å²) in [5.74, 6) is -0.573. The van der Waals surface area contributed by atoms with Gasteiger partial charge in [0.05, 0.1) is 7.57 Å². The second kappa shape index (κ2) is 9.38. The van der Waals surface area contributed by atoms with Crippen LogP contribution in [0.1, 0.15) is 54.8 Å². The van der Waals surface area contributed by atoms with E-state index in [9.17, 15) is 9.18 Å². The monoisotopic (exact) mass is 456 g/mol. The van der Waals surface area contributed by atoms with E-state index in [-0.39, 0.29) is 16.6 Å². The summed E-state index contributed by atoms with van der Waals surface area (Å²) in [7, 11) is 0. The summed E-state index contributed by atoms with van der Waals surface area (Å²) in [6, 6.07) is 0. The van der Waals surface area contributed by atoms with E-state index < -0.39 is 5.82 Å². The van der Waals surface area contributed by atoms with Gasteiger partial charge in [0.15, 0.2) is 5.78 Å². The lowest BCUT2D eigenvalue weighted by Gasteiger charge is -2.13. The summed E-state index contributed by atoms with van der Waals surface area (Å²) in [6.07, 6.45) is 3.62. The van der Waals surface area contributed by atoms with Gasteiger partial charge >= 0.3 is 0 Å². The highest BCUT2D eigenvalue weighted by Crippen LogP contribution is 2.32. The number of carbonyl (C=O) groups is 1. The first-order chi connectivity index (χ1) is 9.92. The maximum Gasteiger partial charge on any atom is 0.178 e. The van der Waals surface area contributed by atoms with E-state index in [4.69, 9.17) is 0 Å². The molecular formula is C15H19Br2FOS2. The molecule has 1 aromatic rings. The van der Waals surface area contributed by atoms with Crippen molar-refractivity contribution < 1.29 is 9.18 Å². The second-order valence-corrected chi connectivity index (χ2v) is 9.42. The van der Waals surface area contributed by atoms with Crippen molar-refractivity contribution in [2.45, 2.75) is 46.5 Å². The molecule has 0 aliphatic rings. The Morgan fingerprint density at radius 1 is 1.38 bits per heavy atom. The molecule has 0 amide bonds. The quantitative estimate of drug-likeness (QED) is 0.409. The van der Waals surface area contributed by atoms with Gasteiger partial charge in [-0.1, -0.05) is 26.7 Å². The van der Waals surface area contributed by atoms with Crippen molar-refractivity contribution >= 4 is 60.3 Å². The molecule has 1 aromatic heterocycles. The molecule has 1 atom stereocenters. The summed E-state index contributed by atoms with van der Waals surface area (Å²) in [6.45, 7) is 5.78. The van der Waals surface area contributed by atoms with Crippen LogP contribution >= 0.6 is 54.5 Å². The average Bonchev–Trinajstić information content (AvgIpc) is 2.46. The van der Waals surface area contributed by atoms with Crippen molar-refractivity contribution in [3.05, 3.63) is 29.2 Å². The Bertz CT molecular complexity index is 550. The van der Waals surface area contributed by atoms with Gasteiger partial charge in [-0.15, -0.1) is 22.7 Å². The molecular weight excluding hydrogens is 439 g/mol. The number of halogens is 3. The largest absolute Gasteiger partial charge is 0.293 e. The summed E-state index contributed by atoms with van der Waals surface area (Å²) in [5.41, 5.74) is 0.478. The molecule has 1 nitrogen and oxygen atoms in total. The van der Waals surface area contributed by atoms with Crippen LogP contribution < -0.4 is 0 Å². The maximum absolute atomic E-state index is 14.6. The molecule has 0 aliphatic carbocycles. The predicted octanol–water partition coefficient (Wildman–Crippen LogP) is 7.31. The third kappa shape index (κ3) is 5.41. The molecule has 0 radical (unpaired) electrons. The molecule has 1 unspecified atom stereocenters. The number of rotatable bonds is 6. The van der Waals surface area contributed by atoms with Crippen LogP contribution in [-0.4, -0.2) is 5.78 Å². The van der Waals surface area contributed by atoms with Crippen LogP contribution in [0.3, 0.4) is 0 Å². The van der Waals surface area contributed by atoms with Gasteiger partial charge in [-0.05, 0) is 51.6 Å². The second-order valence-electron chi connectivity index (χ2n) is 4.80. The SMILES string of the molecule is CCCCC(CC)C(=O)c1scc(Br)sc(Br)c(C)c1F. The Hall–Kier alpha value is 0.220. The third-order valence-electron chi connectivity index (χ3n) is 3.27. The first-order valence-corrected chi connectivity index (χ1v) is 10.2. The van der Waals surface area contributed by atoms with Crippen molar-refractivity contribution in [2.24, 2.45) is 5.92 Å². The fraction of sp³-hybridized carbons (Fsp3) is 0.533. The van der Waals surface area contributed by atoms with E-state index in [0.717, 1.165) is 29.5 Å². The maximum atomic E-state index is 14.6. The smallest absolute Gasteiger partial charge is 0.178 e. The number of unbranched alkanes of at least 4 members (excludes halogenated alkanes) is 1. The van der Waals surface area contributed by atoms with Gasteiger partial charge in [0.25, 0.3) is 0 Å². The molecule has 0 saturated carbocycles. The Balaban J connectivity index is 3.31. The van der Waals surface area contributed by atoms with Gasteiger partial charge in [0.1, 0.15) is 10.7 Å². The van der Waals surface area contributed by atoms with Crippen LogP contribution in [0.5, 0.6) is 0 Å². The standard InChI is InChI=1S/C15H19Br2FOS2/c1-4-6-7-10(5-2)13(19)14-12(18)9(3)15(17)21-11(16)8-20-14/h8,10H,4-7H2,1-3H3. The number of Topliss-reactive ketones (excluding diaryl/α,β-unsaturated/α-hetero) is 1. The minimum atomic E-state index is -0.407. The van der Waals surface area contributed by atoms with Crippen LogP contribution in [0.25, 0.3) is 0 Å². The lowest BCUT2D eigenvalue weighted by Crippen LogP contribution is -2.15. The van der Waals surface area contributed by atoms with Crippen LogP contribution in [-0.2, 0) is 0 Å². The van der Waals surface area contributed by atoms with Crippen molar-refractivity contribution in [2.75, 3.05) is 0 Å².